The number of carbonyl (C=O) groups excluding carboxylic acids is 1. The van der Waals surface area contributed by atoms with Gasteiger partial charge in [0.1, 0.15) is 19.0 Å². The van der Waals surface area contributed by atoms with E-state index >= 15 is 0 Å². The smallest absolute Gasteiger partial charge is 0.246 e. The third kappa shape index (κ3) is 4.12. The van der Waals surface area contributed by atoms with Gasteiger partial charge in [0.2, 0.25) is 5.91 Å². The monoisotopic (exact) mass is 361 g/mol. The fourth-order valence-electron chi connectivity index (χ4n) is 2.48. The van der Waals surface area contributed by atoms with Gasteiger partial charge in [-0.05, 0) is 29.8 Å². The van der Waals surface area contributed by atoms with Crippen LogP contribution in [0.15, 0.2) is 42.5 Å². The Hall–Kier alpha value is -2.53. The Kier molecular flexibility index (Phi) is 5.24. The Balaban J connectivity index is 1.70. The first-order chi connectivity index (χ1) is 12.0. The number of halogens is 2. The second-order valence-electron chi connectivity index (χ2n) is 5.65. The van der Waals surface area contributed by atoms with Crippen molar-refractivity contribution in [2.75, 3.05) is 20.3 Å². The molecule has 130 valence electrons. The molecule has 0 aliphatic carbocycles. The first-order valence-corrected chi connectivity index (χ1v) is 8.18. The van der Waals surface area contributed by atoms with Crippen LogP contribution in [0.3, 0.4) is 0 Å². The van der Waals surface area contributed by atoms with E-state index in [1.807, 2.05) is 0 Å². The van der Waals surface area contributed by atoms with Gasteiger partial charge in [0, 0.05) is 25.2 Å². The van der Waals surface area contributed by atoms with E-state index in [0.29, 0.717) is 35.3 Å². The van der Waals surface area contributed by atoms with Crippen molar-refractivity contribution in [1.82, 2.24) is 4.90 Å². The van der Waals surface area contributed by atoms with Gasteiger partial charge in [-0.3, -0.25) is 4.79 Å². The predicted octanol–water partition coefficient (Wildman–Crippen LogP) is 3.92. The van der Waals surface area contributed by atoms with Gasteiger partial charge < -0.3 is 14.4 Å². The molecule has 0 radical (unpaired) electrons. The van der Waals surface area contributed by atoms with Gasteiger partial charge in [-0.15, -0.1) is 0 Å². The number of rotatable bonds is 4. The van der Waals surface area contributed by atoms with E-state index in [1.165, 1.54) is 17.0 Å². The standard InChI is InChI=1S/C19H17ClFNO3/c1-22(12-14-4-2-3-5-16(14)21)18(23)7-6-13-10-15(20)19-17(11-13)24-8-9-25-19/h2-7,10-11H,8-9,12H2,1H3/b7-6+. The van der Waals surface area contributed by atoms with Crippen LogP contribution in [-0.2, 0) is 11.3 Å². The summed E-state index contributed by atoms with van der Waals surface area (Å²) in [6, 6.07) is 9.86. The normalized spacial score (nSPS) is 13.1. The number of benzene rings is 2. The third-order valence-electron chi connectivity index (χ3n) is 3.78. The lowest BCUT2D eigenvalue weighted by Crippen LogP contribution is -2.24. The van der Waals surface area contributed by atoms with Crippen LogP contribution in [0.4, 0.5) is 4.39 Å². The number of hydrogen-bond acceptors (Lipinski definition) is 3. The number of nitrogens with zero attached hydrogens (tertiary/aromatic N) is 1. The molecule has 2 aromatic carbocycles. The minimum absolute atomic E-state index is 0.192. The first-order valence-electron chi connectivity index (χ1n) is 7.80. The molecular formula is C19H17ClFNO3. The van der Waals surface area contributed by atoms with Crippen molar-refractivity contribution in [2.24, 2.45) is 0 Å². The molecule has 0 aromatic heterocycles. The van der Waals surface area contributed by atoms with E-state index in [1.54, 1.807) is 43.5 Å². The summed E-state index contributed by atoms with van der Waals surface area (Å²) in [6.45, 7) is 1.11. The highest BCUT2D eigenvalue weighted by molar-refractivity contribution is 6.32. The van der Waals surface area contributed by atoms with Gasteiger partial charge in [0.15, 0.2) is 11.5 Å². The highest BCUT2D eigenvalue weighted by Gasteiger charge is 2.16. The highest BCUT2D eigenvalue weighted by atomic mass is 35.5. The van der Waals surface area contributed by atoms with Crippen LogP contribution in [0, 0.1) is 5.82 Å². The molecule has 0 unspecified atom stereocenters. The first kappa shape index (κ1) is 17.3. The molecule has 0 saturated carbocycles. The second kappa shape index (κ2) is 7.57. The Bertz CT molecular complexity index is 822. The summed E-state index contributed by atoms with van der Waals surface area (Å²) in [5.74, 6) is 0.512. The van der Waals surface area contributed by atoms with Crippen molar-refractivity contribution >= 4 is 23.6 Å². The van der Waals surface area contributed by atoms with E-state index in [0.717, 1.165) is 5.56 Å². The lowest BCUT2D eigenvalue weighted by Gasteiger charge is -2.19. The Morgan fingerprint density at radius 3 is 2.84 bits per heavy atom. The van der Waals surface area contributed by atoms with Crippen molar-refractivity contribution in [3.63, 3.8) is 0 Å². The minimum Gasteiger partial charge on any atom is -0.486 e. The summed E-state index contributed by atoms with van der Waals surface area (Å²) in [5, 5.41) is 0.434. The van der Waals surface area contributed by atoms with Gasteiger partial charge in [0.05, 0.1) is 5.02 Å². The quantitative estimate of drug-likeness (QED) is 0.775. The Morgan fingerprint density at radius 2 is 2.04 bits per heavy atom. The molecule has 1 heterocycles. The number of amides is 1. The van der Waals surface area contributed by atoms with Crippen LogP contribution in [0.1, 0.15) is 11.1 Å². The maximum atomic E-state index is 13.7. The molecule has 1 aliphatic heterocycles. The average molecular weight is 362 g/mol. The summed E-state index contributed by atoms with van der Waals surface area (Å²) in [7, 11) is 1.62. The Morgan fingerprint density at radius 1 is 1.28 bits per heavy atom. The van der Waals surface area contributed by atoms with Crippen LogP contribution in [-0.4, -0.2) is 31.1 Å². The zero-order valence-corrected chi connectivity index (χ0v) is 14.4. The Labute approximate surface area is 150 Å². The molecule has 0 saturated heterocycles. The predicted molar refractivity (Wildman–Crippen MR) is 94.4 cm³/mol. The van der Waals surface area contributed by atoms with E-state index in [2.05, 4.69) is 0 Å². The van der Waals surface area contributed by atoms with Crippen molar-refractivity contribution in [2.45, 2.75) is 6.54 Å². The van der Waals surface area contributed by atoms with Gasteiger partial charge in [-0.2, -0.15) is 0 Å². The molecule has 4 nitrogen and oxygen atoms in total. The molecule has 0 atom stereocenters. The summed E-state index contributed by atoms with van der Waals surface area (Å²) in [6.07, 6.45) is 3.06. The van der Waals surface area contributed by atoms with Crippen LogP contribution in [0.2, 0.25) is 5.02 Å². The summed E-state index contributed by atoms with van der Waals surface area (Å²) in [5.41, 5.74) is 1.19. The maximum Gasteiger partial charge on any atom is 0.246 e. The lowest BCUT2D eigenvalue weighted by atomic mass is 10.1. The SMILES string of the molecule is CN(Cc1ccccc1F)C(=O)/C=C/c1cc(Cl)c2c(c1)OCCO2. The molecule has 3 rings (SSSR count). The summed E-state index contributed by atoms with van der Waals surface area (Å²) in [4.78, 5) is 13.7. The van der Waals surface area contributed by atoms with E-state index in [9.17, 15) is 9.18 Å². The minimum atomic E-state index is -0.329. The molecule has 0 bridgehead atoms. The van der Waals surface area contributed by atoms with E-state index in [4.69, 9.17) is 21.1 Å². The van der Waals surface area contributed by atoms with Crippen molar-refractivity contribution < 1.29 is 18.7 Å². The van der Waals surface area contributed by atoms with E-state index < -0.39 is 0 Å². The molecule has 25 heavy (non-hydrogen) atoms. The molecular weight excluding hydrogens is 345 g/mol. The van der Waals surface area contributed by atoms with Crippen LogP contribution in [0.25, 0.3) is 6.08 Å². The summed E-state index contributed by atoms with van der Waals surface area (Å²) >= 11 is 6.17. The van der Waals surface area contributed by atoms with Crippen molar-refractivity contribution in [1.29, 1.82) is 0 Å². The van der Waals surface area contributed by atoms with Gasteiger partial charge >= 0.3 is 0 Å². The molecule has 6 heteroatoms. The molecule has 0 N–H and O–H groups in total. The molecule has 0 fully saturated rings. The van der Waals surface area contributed by atoms with Crippen molar-refractivity contribution in [3.05, 3.63) is 64.4 Å². The van der Waals surface area contributed by atoms with E-state index in [-0.39, 0.29) is 18.3 Å². The van der Waals surface area contributed by atoms with Crippen LogP contribution < -0.4 is 9.47 Å². The van der Waals surface area contributed by atoms with Gasteiger partial charge in [0.25, 0.3) is 0 Å². The van der Waals surface area contributed by atoms with Gasteiger partial charge in [-0.25, -0.2) is 4.39 Å². The zero-order chi connectivity index (χ0) is 17.8. The fourth-order valence-corrected chi connectivity index (χ4v) is 2.76. The van der Waals surface area contributed by atoms with Gasteiger partial charge in [-0.1, -0.05) is 29.8 Å². The number of fused-ring (bicyclic) bond motifs is 1. The highest BCUT2D eigenvalue weighted by Crippen LogP contribution is 2.38. The third-order valence-corrected chi connectivity index (χ3v) is 4.06. The molecule has 0 spiro atoms. The zero-order valence-electron chi connectivity index (χ0n) is 13.7. The van der Waals surface area contributed by atoms with Crippen LogP contribution in [0.5, 0.6) is 11.5 Å². The second-order valence-corrected chi connectivity index (χ2v) is 6.05. The molecule has 1 amide bonds. The molecule has 2 aromatic rings. The number of ether oxygens (including phenoxy) is 2. The molecule has 1 aliphatic rings. The van der Waals surface area contributed by atoms with Crippen LogP contribution >= 0.6 is 11.6 Å². The number of carbonyl (C=O) groups is 1. The van der Waals surface area contributed by atoms with Crippen molar-refractivity contribution in [3.8, 4) is 11.5 Å². The fraction of sp³-hybridized carbons (Fsp3) is 0.211. The average Bonchev–Trinajstić information content (AvgIpc) is 2.61. The summed E-state index contributed by atoms with van der Waals surface area (Å²) < 4.78 is 24.6. The largest absolute Gasteiger partial charge is 0.486 e. The lowest BCUT2D eigenvalue weighted by molar-refractivity contribution is -0.125. The number of hydrogen-bond donors (Lipinski definition) is 0. The topological polar surface area (TPSA) is 38.8 Å². The number of likely N-dealkylation sites (N-methyl/N-ethyl adjacent to an activating group) is 1. The maximum absolute atomic E-state index is 13.7.